The molecule has 0 aliphatic heterocycles. The summed E-state index contributed by atoms with van der Waals surface area (Å²) in [6.07, 6.45) is 0.567. The largest absolute Gasteiger partial charge is 0.481 e. The number of hydrogen-bond donors (Lipinski definition) is 4. The quantitative estimate of drug-likeness (QED) is 0.489. The van der Waals surface area contributed by atoms with Crippen LogP contribution in [0.25, 0.3) is 0 Å². The Bertz CT molecular complexity index is 761. The maximum absolute atomic E-state index is 12.5. The fraction of sp³-hybridized carbons (Fsp3) is 0.278. The van der Waals surface area contributed by atoms with E-state index < -0.39 is 17.9 Å². The minimum absolute atomic E-state index is 0.223. The Kier molecular flexibility index (Phi) is 7.31. The summed E-state index contributed by atoms with van der Waals surface area (Å²) in [7, 11) is 0. The van der Waals surface area contributed by atoms with Crippen molar-refractivity contribution in [1.29, 1.82) is 0 Å². The summed E-state index contributed by atoms with van der Waals surface area (Å²) in [5.74, 6) is -1.63. The molecule has 26 heavy (non-hydrogen) atoms. The van der Waals surface area contributed by atoms with Crippen molar-refractivity contribution in [3.63, 3.8) is 0 Å². The molecule has 0 radical (unpaired) electrons. The number of carboxylic acid groups (broad SMARTS) is 1. The van der Waals surface area contributed by atoms with Gasteiger partial charge in [0.15, 0.2) is 0 Å². The molecule has 1 heterocycles. The molecule has 1 atom stereocenters. The SMILES string of the molecule is [NH3+]CCCNC(=O)c1ccc(C(=O)NC(CC(=O)O)c2ccccc2)s1. The molecule has 6 N–H and O–H groups in total. The summed E-state index contributed by atoms with van der Waals surface area (Å²) in [5.41, 5.74) is 4.43. The van der Waals surface area contributed by atoms with Gasteiger partial charge in [-0.1, -0.05) is 30.3 Å². The number of quaternary nitrogens is 1. The van der Waals surface area contributed by atoms with Crippen molar-refractivity contribution in [2.24, 2.45) is 0 Å². The number of thiophene rings is 1. The van der Waals surface area contributed by atoms with Crippen LogP contribution >= 0.6 is 11.3 Å². The van der Waals surface area contributed by atoms with E-state index in [1.165, 1.54) is 0 Å². The Balaban J connectivity index is 2.05. The zero-order chi connectivity index (χ0) is 18.9. The normalized spacial score (nSPS) is 11.6. The molecule has 0 bridgehead atoms. The van der Waals surface area contributed by atoms with E-state index in [0.717, 1.165) is 24.3 Å². The van der Waals surface area contributed by atoms with Gasteiger partial charge in [-0.2, -0.15) is 0 Å². The highest BCUT2D eigenvalue weighted by atomic mass is 32.1. The molecule has 1 unspecified atom stereocenters. The van der Waals surface area contributed by atoms with Crippen molar-refractivity contribution in [2.75, 3.05) is 13.1 Å². The van der Waals surface area contributed by atoms with E-state index in [-0.39, 0.29) is 12.3 Å². The first-order chi connectivity index (χ1) is 12.5. The molecule has 1 aromatic heterocycles. The van der Waals surface area contributed by atoms with Crippen LogP contribution in [-0.2, 0) is 4.79 Å². The minimum Gasteiger partial charge on any atom is -0.481 e. The Hall–Kier alpha value is -2.71. The molecule has 0 saturated carbocycles. The third kappa shape index (κ3) is 5.68. The van der Waals surface area contributed by atoms with E-state index >= 15 is 0 Å². The number of amides is 2. The summed E-state index contributed by atoms with van der Waals surface area (Å²) in [4.78, 5) is 36.4. The van der Waals surface area contributed by atoms with Gasteiger partial charge in [-0.3, -0.25) is 14.4 Å². The van der Waals surface area contributed by atoms with Crippen molar-refractivity contribution >= 4 is 29.1 Å². The van der Waals surface area contributed by atoms with Gasteiger partial charge in [0.2, 0.25) is 0 Å². The Morgan fingerprint density at radius 2 is 1.69 bits per heavy atom. The minimum atomic E-state index is -1.00. The predicted molar refractivity (Wildman–Crippen MR) is 97.9 cm³/mol. The van der Waals surface area contributed by atoms with Crippen LogP contribution in [0.2, 0.25) is 0 Å². The number of aliphatic carboxylic acids is 1. The predicted octanol–water partition coefficient (Wildman–Crippen LogP) is 1.06. The second-order valence-corrected chi connectivity index (χ2v) is 6.75. The second kappa shape index (κ2) is 9.69. The molecule has 2 rings (SSSR count). The lowest BCUT2D eigenvalue weighted by Crippen LogP contribution is -2.51. The fourth-order valence-electron chi connectivity index (χ4n) is 2.34. The van der Waals surface area contributed by atoms with Crippen LogP contribution in [0.3, 0.4) is 0 Å². The first kappa shape index (κ1) is 19.6. The molecule has 2 amide bonds. The molecule has 0 spiro atoms. The monoisotopic (exact) mass is 376 g/mol. The first-order valence-corrected chi connectivity index (χ1v) is 9.07. The lowest BCUT2D eigenvalue weighted by molar-refractivity contribution is -0.367. The topological polar surface area (TPSA) is 123 Å². The first-order valence-electron chi connectivity index (χ1n) is 8.26. The smallest absolute Gasteiger partial charge is 0.305 e. The number of nitrogens with one attached hydrogen (secondary N) is 2. The lowest BCUT2D eigenvalue weighted by atomic mass is 10.0. The number of carboxylic acids is 1. The maximum atomic E-state index is 12.5. The Labute approximate surface area is 155 Å². The molecule has 0 saturated heterocycles. The highest BCUT2D eigenvalue weighted by Gasteiger charge is 2.20. The van der Waals surface area contributed by atoms with Gasteiger partial charge in [-0.05, 0) is 17.7 Å². The van der Waals surface area contributed by atoms with E-state index in [1.54, 1.807) is 36.4 Å². The standard InChI is InChI=1S/C18H21N3O4S/c19-9-4-10-20-17(24)14-7-8-15(26-14)18(25)21-13(11-16(22)23)12-5-2-1-3-6-12/h1-3,5-8,13H,4,9-11,19H2,(H,20,24)(H,21,25)(H,22,23)/p+1. The highest BCUT2D eigenvalue weighted by molar-refractivity contribution is 7.15. The van der Waals surface area contributed by atoms with Crippen molar-refractivity contribution in [3.05, 3.63) is 57.8 Å². The Morgan fingerprint density at radius 3 is 2.31 bits per heavy atom. The summed E-state index contributed by atoms with van der Waals surface area (Å²) < 4.78 is 0. The van der Waals surface area contributed by atoms with Gasteiger partial charge in [0.05, 0.1) is 28.8 Å². The summed E-state index contributed by atoms with van der Waals surface area (Å²) >= 11 is 1.08. The lowest BCUT2D eigenvalue weighted by Gasteiger charge is -2.16. The van der Waals surface area contributed by atoms with Gasteiger partial charge in [-0.15, -0.1) is 11.3 Å². The van der Waals surface area contributed by atoms with Crippen LogP contribution in [0.1, 0.15) is 43.8 Å². The molecular formula is C18H22N3O4S+. The van der Waals surface area contributed by atoms with E-state index in [4.69, 9.17) is 5.11 Å². The molecule has 1 aromatic carbocycles. The number of benzene rings is 1. The van der Waals surface area contributed by atoms with Gasteiger partial charge < -0.3 is 21.5 Å². The van der Waals surface area contributed by atoms with E-state index in [2.05, 4.69) is 16.4 Å². The third-order valence-corrected chi connectivity index (χ3v) is 4.73. The van der Waals surface area contributed by atoms with E-state index in [1.807, 2.05) is 6.07 Å². The van der Waals surface area contributed by atoms with Crippen molar-refractivity contribution in [3.8, 4) is 0 Å². The zero-order valence-electron chi connectivity index (χ0n) is 14.2. The number of rotatable bonds is 9. The molecule has 0 aliphatic carbocycles. The van der Waals surface area contributed by atoms with Gasteiger partial charge in [0.1, 0.15) is 0 Å². The van der Waals surface area contributed by atoms with Gasteiger partial charge in [0.25, 0.3) is 11.8 Å². The molecule has 7 nitrogen and oxygen atoms in total. The van der Waals surface area contributed by atoms with E-state index in [0.29, 0.717) is 21.9 Å². The van der Waals surface area contributed by atoms with Crippen LogP contribution in [-0.4, -0.2) is 36.0 Å². The molecule has 8 heteroatoms. The number of carbonyl (C=O) groups excluding carboxylic acids is 2. The van der Waals surface area contributed by atoms with Crippen LogP contribution in [0.4, 0.5) is 0 Å². The zero-order valence-corrected chi connectivity index (χ0v) is 15.1. The van der Waals surface area contributed by atoms with Crippen LogP contribution < -0.4 is 16.4 Å². The summed E-state index contributed by atoms with van der Waals surface area (Å²) in [6.45, 7) is 1.28. The fourth-order valence-corrected chi connectivity index (χ4v) is 3.16. The summed E-state index contributed by atoms with van der Waals surface area (Å²) in [5, 5.41) is 14.6. The average molecular weight is 376 g/mol. The third-order valence-electron chi connectivity index (χ3n) is 3.65. The van der Waals surface area contributed by atoms with Crippen LogP contribution in [0, 0.1) is 0 Å². The molecule has 2 aromatic rings. The van der Waals surface area contributed by atoms with E-state index in [9.17, 15) is 14.4 Å². The maximum Gasteiger partial charge on any atom is 0.305 e. The average Bonchev–Trinajstić information content (AvgIpc) is 3.12. The van der Waals surface area contributed by atoms with Crippen molar-refractivity contribution in [1.82, 2.24) is 10.6 Å². The van der Waals surface area contributed by atoms with Gasteiger partial charge in [0, 0.05) is 13.0 Å². The number of hydrogen-bond acceptors (Lipinski definition) is 4. The van der Waals surface area contributed by atoms with Crippen molar-refractivity contribution < 1.29 is 25.2 Å². The summed E-state index contributed by atoms with van der Waals surface area (Å²) in [6, 6.07) is 11.5. The van der Waals surface area contributed by atoms with Crippen LogP contribution in [0.5, 0.6) is 0 Å². The molecule has 0 fully saturated rings. The molecule has 0 aliphatic rings. The molecule has 138 valence electrons. The van der Waals surface area contributed by atoms with Gasteiger partial charge in [-0.25, -0.2) is 0 Å². The van der Waals surface area contributed by atoms with Gasteiger partial charge >= 0.3 is 5.97 Å². The Morgan fingerprint density at radius 1 is 1.04 bits per heavy atom. The van der Waals surface area contributed by atoms with Crippen LogP contribution in [0.15, 0.2) is 42.5 Å². The highest BCUT2D eigenvalue weighted by Crippen LogP contribution is 2.20. The van der Waals surface area contributed by atoms with Crippen molar-refractivity contribution in [2.45, 2.75) is 18.9 Å². The number of carbonyl (C=O) groups is 3. The molecular weight excluding hydrogens is 354 g/mol. The second-order valence-electron chi connectivity index (χ2n) is 5.66.